The zero-order valence-corrected chi connectivity index (χ0v) is 20.2. The van der Waals surface area contributed by atoms with Gasteiger partial charge in [0.1, 0.15) is 11.5 Å². The number of halogens is 3. The van der Waals surface area contributed by atoms with E-state index in [0.29, 0.717) is 48.6 Å². The Bertz CT molecular complexity index is 1230. The number of carboxylic acid groups (broad SMARTS) is 1. The van der Waals surface area contributed by atoms with Gasteiger partial charge in [-0.05, 0) is 60.4 Å². The number of aromatic hydroxyl groups is 1. The summed E-state index contributed by atoms with van der Waals surface area (Å²) in [6.45, 7) is 3.22. The molecule has 196 valence electrons. The third-order valence-corrected chi connectivity index (χ3v) is 6.44. The van der Waals surface area contributed by atoms with E-state index >= 15 is 0 Å². The zero-order chi connectivity index (χ0) is 26.6. The minimum absolute atomic E-state index is 0.0219. The van der Waals surface area contributed by atoms with Crippen molar-refractivity contribution in [1.82, 2.24) is 4.90 Å². The molecule has 0 bridgehead atoms. The first-order valence-corrected chi connectivity index (χ1v) is 11.9. The van der Waals surface area contributed by atoms with Crippen molar-refractivity contribution in [3.63, 3.8) is 0 Å². The molecule has 0 amide bonds. The lowest BCUT2D eigenvalue weighted by atomic mass is 9.93. The molecule has 2 N–H and O–H groups in total. The number of hydrogen-bond acceptors (Lipinski definition) is 5. The molecule has 9 heteroatoms. The summed E-state index contributed by atoms with van der Waals surface area (Å²) in [5.41, 5.74) is 1.63. The molecule has 2 atom stereocenters. The van der Waals surface area contributed by atoms with Gasteiger partial charge < -0.3 is 19.7 Å². The summed E-state index contributed by atoms with van der Waals surface area (Å²) in [4.78, 5) is 12.9. The fourth-order valence-corrected chi connectivity index (χ4v) is 4.59. The fraction of sp³-hybridized carbons (Fsp3) is 0.321. The molecule has 0 spiro atoms. The van der Waals surface area contributed by atoms with Crippen LogP contribution in [0.25, 0.3) is 11.1 Å². The SMILES string of the molecule is CC(Cc1ccc(OCC(=O)O)cc1)N1CCOC(c2c(O)cccc2-c2cccc(C(F)(F)F)c2)C1. The van der Waals surface area contributed by atoms with Gasteiger partial charge in [0, 0.05) is 24.7 Å². The number of carboxylic acids is 1. The van der Waals surface area contributed by atoms with Crippen LogP contribution in [0.3, 0.4) is 0 Å². The molecular weight excluding hydrogens is 487 g/mol. The van der Waals surface area contributed by atoms with Crippen LogP contribution in [0.1, 0.15) is 29.7 Å². The van der Waals surface area contributed by atoms with Gasteiger partial charge in [0.15, 0.2) is 6.61 Å². The summed E-state index contributed by atoms with van der Waals surface area (Å²) >= 11 is 0. The van der Waals surface area contributed by atoms with Crippen LogP contribution < -0.4 is 4.74 Å². The number of rotatable bonds is 8. The van der Waals surface area contributed by atoms with Crippen molar-refractivity contribution >= 4 is 5.97 Å². The predicted octanol–water partition coefficient (Wildman–Crippen LogP) is 5.55. The lowest BCUT2D eigenvalue weighted by Crippen LogP contribution is -2.44. The molecule has 6 nitrogen and oxygen atoms in total. The van der Waals surface area contributed by atoms with Crippen LogP contribution in [-0.2, 0) is 22.1 Å². The maximum atomic E-state index is 13.3. The number of alkyl halides is 3. The molecule has 1 fully saturated rings. The zero-order valence-electron chi connectivity index (χ0n) is 20.2. The number of benzene rings is 3. The highest BCUT2D eigenvalue weighted by atomic mass is 19.4. The molecule has 2 unspecified atom stereocenters. The van der Waals surface area contributed by atoms with E-state index in [1.807, 2.05) is 12.1 Å². The Hall–Kier alpha value is -3.56. The predicted molar refractivity (Wildman–Crippen MR) is 132 cm³/mol. The molecule has 4 rings (SSSR count). The van der Waals surface area contributed by atoms with Crippen LogP contribution in [0.15, 0.2) is 66.7 Å². The summed E-state index contributed by atoms with van der Waals surface area (Å²) in [5, 5.41) is 19.5. The Morgan fingerprint density at radius 2 is 1.86 bits per heavy atom. The number of morpholine rings is 1. The van der Waals surface area contributed by atoms with Gasteiger partial charge in [-0.2, -0.15) is 13.2 Å². The molecule has 0 aliphatic carbocycles. The van der Waals surface area contributed by atoms with Crippen LogP contribution in [0.4, 0.5) is 13.2 Å². The summed E-state index contributed by atoms with van der Waals surface area (Å²) in [5.74, 6) is -0.585. The largest absolute Gasteiger partial charge is 0.508 e. The molecule has 0 aromatic heterocycles. The molecule has 37 heavy (non-hydrogen) atoms. The first-order valence-electron chi connectivity index (χ1n) is 11.9. The highest BCUT2D eigenvalue weighted by molar-refractivity contribution is 5.71. The molecule has 3 aromatic carbocycles. The molecule has 1 aliphatic rings. The van der Waals surface area contributed by atoms with Crippen LogP contribution in [0, 0.1) is 0 Å². The number of hydrogen-bond donors (Lipinski definition) is 2. The van der Waals surface area contributed by atoms with Crippen molar-refractivity contribution in [2.24, 2.45) is 0 Å². The number of aliphatic carboxylic acids is 1. The molecule has 1 aliphatic heterocycles. The van der Waals surface area contributed by atoms with E-state index in [1.54, 1.807) is 30.3 Å². The third-order valence-electron chi connectivity index (χ3n) is 6.44. The highest BCUT2D eigenvalue weighted by Crippen LogP contribution is 2.40. The Morgan fingerprint density at radius 1 is 1.14 bits per heavy atom. The van der Waals surface area contributed by atoms with E-state index in [9.17, 15) is 23.1 Å². The molecule has 0 saturated carbocycles. The first kappa shape index (κ1) is 26.5. The van der Waals surface area contributed by atoms with E-state index in [-0.39, 0.29) is 11.8 Å². The highest BCUT2D eigenvalue weighted by Gasteiger charge is 2.32. The molecular formula is C28H28F3NO5. The summed E-state index contributed by atoms with van der Waals surface area (Å²) in [6, 6.07) is 17.3. The average Bonchev–Trinajstić information content (AvgIpc) is 2.87. The second kappa shape index (κ2) is 11.2. The summed E-state index contributed by atoms with van der Waals surface area (Å²) in [7, 11) is 0. The van der Waals surface area contributed by atoms with E-state index < -0.39 is 30.4 Å². The maximum Gasteiger partial charge on any atom is 0.416 e. The standard InChI is InChI=1S/C28H28F3NO5/c1-18(14-19-8-10-22(11-9-19)37-17-26(34)35)32-12-13-36-25(16-32)27-23(6-3-7-24(27)33)20-4-2-5-21(15-20)28(29,30)31/h2-11,15,18,25,33H,12-14,16-17H2,1H3,(H,34,35). The van der Waals surface area contributed by atoms with Crippen molar-refractivity contribution in [2.75, 3.05) is 26.3 Å². The van der Waals surface area contributed by atoms with E-state index in [1.165, 1.54) is 12.1 Å². The van der Waals surface area contributed by atoms with Crippen LogP contribution in [0.5, 0.6) is 11.5 Å². The van der Waals surface area contributed by atoms with Crippen LogP contribution in [-0.4, -0.2) is 53.4 Å². The summed E-state index contributed by atoms with van der Waals surface area (Å²) in [6.07, 6.45) is -4.28. The van der Waals surface area contributed by atoms with E-state index in [0.717, 1.165) is 17.7 Å². The van der Waals surface area contributed by atoms with Gasteiger partial charge in [-0.3, -0.25) is 4.90 Å². The molecule has 3 aromatic rings. The minimum atomic E-state index is -4.47. The quantitative estimate of drug-likeness (QED) is 0.410. The lowest BCUT2D eigenvalue weighted by Gasteiger charge is -2.38. The number of phenols is 1. The monoisotopic (exact) mass is 515 g/mol. The maximum absolute atomic E-state index is 13.3. The first-order chi connectivity index (χ1) is 17.6. The number of phenolic OH excluding ortho intramolecular Hbond substituents is 1. The van der Waals surface area contributed by atoms with Gasteiger partial charge in [-0.25, -0.2) is 4.79 Å². The van der Waals surface area contributed by atoms with Crippen molar-refractivity contribution in [1.29, 1.82) is 0 Å². The van der Waals surface area contributed by atoms with Crippen molar-refractivity contribution in [3.05, 3.63) is 83.4 Å². The normalized spacial score (nSPS) is 17.4. The Kier molecular flexibility index (Phi) is 8.04. The van der Waals surface area contributed by atoms with Gasteiger partial charge in [0.05, 0.1) is 18.3 Å². The van der Waals surface area contributed by atoms with Gasteiger partial charge in [-0.1, -0.05) is 36.4 Å². The van der Waals surface area contributed by atoms with E-state index in [2.05, 4.69) is 11.8 Å². The van der Waals surface area contributed by atoms with Crippen molar-refractivity contribution in [3.8, 4) is 22.6 Å². The van der Waals surface area contributed by atoms with Gasteiger partial charge >= 0.3 is 12.1 Å². The Balaban J connectivity index is 1.50. The van der Waals surface area contributed by atoms with Crippen molar-refractivity contribution < 1.29 is 37.7 Å². The van der Waals surface area contributed by atoms with Crippen molar-refractivity contribution in [2.45, 2.75) is 31.7 Å². The molecule has 1 saturated heterocycles. The Labute approximate surface area is 212 Å². The Morgan fingerprint density at radius 3 is 2.57 bits per heavy atom. The minimum Gasteiger partial charge on any atom is -0.508 e. The second-order valence-electron chi connectivity index (χ2n) is 9.05. The topological polar surface area (TPSA) is 79.2 Å². The number of nitrogens with zero attached hydrogens (tertiary/aromatic N) is 1. The average molecular weight is 516 g/mol. The second-order valence-corrected chi connectivity index (χ2v) is 9.05. The van der Waals surface area contributed by atoms with E-state index in [4.69, 9.17) is 14.6 Å². The smallest absolute Gasteiger partial charge is 0.416 e. The van der Waals surface area contributed by atoms with Crippen LogP contribution in [0.2, 0.25) is 0 Å². The number of ether oxygens (including phenoxy) is 2. The van der Waals surface area contributed by atoms with Gasteiger partial charge in [0.2, 0.25) is 0 Å². The number of carbonyl (C=O) groups is 1. The fourth-order valence-electron chi connectivity index (χ4n) is 4.59. The third kappa shape index (κ3) is 6.61. The van der Waals surface area contributed by atoms with Gasteiger partial charge in [0.25, 0.3) is 0 Å². The molecule has 0 radical (unpaired) electrons. The van der Waals surface area contributed by atoms with Crippen LogP contribution >= 0.6 is 0 Å². The lowest BCUT2D eigenvalue weighted by molar-refractivity contribution is -0.139. The summed E-state index contributed by atoms with van der Waals surface area (Å²) < 4.78 is 51.1. The molecule has 1 heterocycles. The van der Waals surface area contributed by atoms with Gasteiger partial charge in [-0.15, -0.1) is 0 Å².